The summed E-state index contributed by atoms with van der Waals surface area (Å²) in [5, 5.41) is 6.90. The van der Waals surface area contributed by atoms with Gasteiger partial charge in [-0.2, -0.15) is 4.98 Å². The van der Waals surface area contributed by atoms with Crippen molar-refractivity contribution in [3.05, 3.63) is 24.3 Å². The van der Waals surface area contributed by atoms with E-state index in [9.17, 15) is 0 Å². The van der Waals surface area contributed by atoms with Gasteiger partial charge in [0.2, 0.25) is 0 Å². The van der Waals surface area contributed by atoms with Crippen LogP contribution in [0.3, 0.4) is 0 Å². The summed E-state index contributed by atoms with van der Waals surface area (Å²) in [7, 11) is 0. The Morgan fingerprint density at radius 1 is 1.42 bits per heavy atom. The second-order valence-corrected chi connectivity index (χ2v) is 5.97. The Morgan fingerprint density at radius 2 is 2.26 bits per heavy atom. The highest BCUT2D eigenvalue weighted by Gasteiger charge is 2.31. The van der Waals surface area contributed by atoms with Gasteiger partial charge in [-0.05, 0) is 36.9 Å². The van der Waals surface area contributed by atoms with Crippen LogP contribution >= 0.6 is 0 Å². The van der Waals surface area contributed by atoms with Gasteiger partial charge in [0.15, 0.2) is 5.58 Å². The number of aromatic nitrogens is 1. The van der Waals surface area contributed by atoms with E-state index < -0.39 is 0 Å². The normalized spacial score (nSPS) is 22.5. The van der Waals surface area contributed by atoms with Crippen LogP contribution in [0.2, 0.25) is 0 Å². The molecule has 4 heteroatoms. The molecule has 1 fully saturated rings. The van der Waals surface area contributed by atoms with Crippen molar-refractivity contribution in [1.82, 2.24) is 10.3 Å². The average molecular weight is 259 g/mol. The number of rotatable bonds is 3. The Hall–Kier alpha value is -1.55. The number of hydrogen-bond donors (Lipinski definition) is 2. The molecule has 1 aromatic heterocycles. The Bertz CT molecular complexity index is 528. The number of benzene rings is 1. The lowest BCUT2D eigenvalue weighted by Gasteiger charge is -2.39. The first kappa shape index (κ1) is 12.5. The molecule has 0 bridgehead atoms. The van der Waals surface area contributed by atoms with Crippen molar-refractivity contribution in [3.63, 3.8) is 0 Å². The van der Waals surface area contributed by atoms with Crippen LogP contribution in [0.4, 0.5) is 6.01 Å². The number of nitrogens with zero attached hydrogens (tertiary/aromatic N) is 1. The highest BCUT2D eigenvalue weighted by Crippen LogP contribution is 2.30. The third-order valence-electron chi connectivity index (χ3n) is 4.08. The zero-order valence-corrected chi connectivity index (χ0v) is 11.6. The third kappa shape index (κ3) is 2.59. The Balaban J connectivity index is 1.68. The van der Waals surface area contributed by atoms with Crippen molar-refractivity contribution in [1.29, 1.82) is 0 Å². The summed E-state index contributed by atoms with van der Waals surface area (Å²) >= 11 is 0. The van der Waals surface area contributed by atoms with Crippen LogP contribution in [0.15, 0.2) is 28.7 Å². The lowest BCUT2D eigenvalue weighted by atomic mass is 9.77. The van der Waals surface area contributed by atoms with Gasteiger partial charge in [-0.15, -0.1) is 0 Å². The van der Waals surface area contributed by atoms with Crippen molar-refractivity contribution >= 4 is 17.1 Å². The molecule has 1 atom stereocenters. The average Bonchev–Trinajstić information content (AvgIpc) is 2.79. The summed E-state index contributed by atoms with van der Waals surface area (Å²) in [6, 6.07) is 8.91. The SMILES string of the molecule is CC1(C)CCCNC1CNc1nc2ccccc2o1. The fourth-order valence-corrected chi connectivity index (χ4v) is 2.76. The standard InChI is InChI=1S/C15H21N3O/c1-15(2)8-5-9-16-13(15)10-17-14-18-11-6-3-4-7-12(11)19-14/h3-4,6-7,13,16H,5,8-10H2,1-2H3,(H,17,18). The Kier molecular flexibility index (Phi) is 3.19. The van der Waals surface area contributed by atoms with Crippen LogP contribution in [0.5, 0.6) is 0 Å². The number of anilines is 1. The second kappa shape index (κ2) is 4.85. The van der Waals surface area contributed by atoms with Crippen LogP contribution in [-0.2, 0) is 0 Å². The van der Waals surface area contributed by atoms with Crippen LogP contribution in [0, 0.1) is 5.41 Å². The highest BCUT2D eigenvalue weighted by molar-refractivity contribution is 5.74. The molecule has 1 saturated heterocycles. The number of oxazole rings is 1. The number of fused-ring (bicyclic) bond motifs is 1. The number of nitrogens with one attached hydrogen (secondary N) is 2. The van der Waals surface area contributed by atoms with E-state index >= 15 is 0 Å². The van der Waals surface area contributed by atoms with E-state index in [2.05, 4.69) is 29.5 Å². The van der Waals surface area contributed by atoms with Gasteiger partial charge >= 0.3 is 0 Å². The number of hydrogen-bond acceptors (Lipinski definition) is 4. The predicted molar refractivity (Wildman–Crippen MR) is 77.3 cm³/mol. The molecule has 2 heterocycles. The molecule has 2 N–H and O–H groups in total. The first-order chi connectivity index (χ1) is 9.15. The van der Waals surface area contributed by atoms with E-state index in [0.29, 0.717) is 17.5 Å². The summed E-state index contributed by atoms with van der Waals surface area (Å²) in [5.74, 6) is 0. The maximum Gasteiger partial charge on any atom is 0.295 e. The van der Waals surface area contributed by atoms with Crippen LogP contribution in [0.25, 0.3) is 11.1 Å². The lowest BCUT2D eigenvalue weighted by Crippen LogP contribution is -2.50. The van der Waals surface area contributed by atoms with Crippen molar-refractivity contribution < 1.29 is 4.42 Å². The lowest BCUT2D eigenvalue weighted by molar-refractivity contribution is 0.188. The van der Waals surface area contributed by atoms with E-state index in [0.717, 1.165) is 24.2 Å². The van der Waals surface area contributed by atoms with Gasteiger partial charge in [-0.3, -0.25) is 0 Å². The highest BCUT2D eigenvalue weighted by atomic mass is 16.4. The van der Waals surface area contributed by atoms with Gasteiger partial charge in [0, 0.05) is 12.6 Å². The van der Waals surface area contributed by atoms with Crippen molar-refractivity contribution in [2.75, 3.05) is 18.4 Å². The third-order valence-corrected chi connectivity index (χ3v) is 4.08. The van der Waals surface area contributed by atoms with E-state index in [1.807, 2.05) is 24.3 Å². The molecular formula is C15H21N3O. The maximum absolute atomic E-state index is 5.68. The topological polar surface area (TPSA) is 50.1 Å². The van der Waals surface area contributed by atoms with Gasteiger partial charge < -0.3 is 15.1 Å². The fraction of sp³-hybridized carbons (Fsp3) is 0.533. The number of para-hydroxylation sites is 2. The first-order valence-electron chi connectivity index (χ1n) is 6.98. The summed E-state index contributed by atoms with van der Waals surface area (Å²) < 4.78 is 5.68. The minimum absolute atomic E-state index is 0.317. The van der Waals surface area contributed by atoms with Crippen LogP contribution < -0.4 is 10.6 Å². The minimum atomic E-state index is 0.317. The monoisotopic (exact) mass is 259 g/mol. The summed E-state index contributed by atoms with van der Waals surface area (Å²) in [5.41, 5.74) is 2.05. The summed E-state index contributed by atoms with van der Waals surface area (Å²) in [6.45, 7) is 6.58. The Labute approximate surface area is 113 Å². The summed E-state index contributed by atoms with van der Waals surface area (Å²) in [4.78, 5) is 4.44. The zero-order valence-electron chi connectivity index (χ0n) is 11.6. The second-order valence-electron chi connectivity index (χ2n) is 5.97. The molecule has 4 nitrogen and oxygen atoms in total. The molecule has 3 rings (SSSR count). The molecule has 102 valence electrons. The smallest absolute Gasteiger partial charge is 0.295 e. The molecule has 19 heavy (non-hydrogen) atoms. The van der Waals surface area contributed by atoms with E-state index in [1.54, 1.807) is 0 Å². The van der Waals surface area contributed by atoms with Crippen LogP contribution in [0.1, 0.15) is 26.7 Å². The molecule has 0 aliphatic carbocycles. The van der Waals surface area contributed by atoms with Crippen molar-refractivity contribution in [2.24, 2.45) is 5.41 Å². The van der Waals surface area contributed by atoms with E-state index in [4.69, 9.17) is 4.42 Å². The number of piperidine rings is 1. The fourth-order valence-electron chi connectivity index (χ4n) is 2.76. The molecule has 1 unspecified atom stereocenters. The molecule has 0 saturated carbocycles. The molecule has 0 spiro atoms. The van der Waals surface area contributed by atoms with E-state index in [1.165, 1.54) is 12.8 Å². The van der Waals surface area contributed by atoms with Gasteiger partial charge in [0.1, 0.15) is 5.52 Å². The quantitative estimate of drug-likeness (QED) is 0.889. The predicted octanol–water partition coefficient (Wildman–Crippen LogP) is 3.02. The molecule has 0 radical (unpaired) electrons. The molecule has 1 aromatic carbocycles. The van der Waals surface area contributed by atoms with Gasteiger partial charge in [0.25, 0.3) is 6.01 Å². The van der Waals surface area contributed by atoms with Crippen molar-refractivity contribution in [2.45, 2.75) is 32.7 Å². The van der Waals surface area contributed by atoms with Gasteiger partial charge in [-0.25, -0.2) is 0 Å². The van der Waals surface area contributed by atoms with Gasteiger partial charge in [0.05, 0.1) is 0 Å². The molecular weight excluding hydrogens is 238 g/mol. The van der Waals surface area contributed by atoms with Gasteiger partial charge in [-0.1, -0.05) is 26.0 Å². The van der Waals surface area contributed by atoms with Crippen LogP contribution in [-0.4, -0.2) is 24.1 Å². The molecule has 0 amide bonds. The minimum Gasteiger partial charge on any atom is -0.424 e. The Morgan fingerprint density at radius 3 is 3.05 bits per heavy atom. The largest absolute Gasteiger partial charge is 0.424 e. The zero-order chi connectivity index (χ0) is 13.3. The molecule has 2 aromatic rings. The van der Waals surface area contributed by atoms with Crippen molar-refractivity contribution in [3.8, 4) is 0 Å². The first-order valence-corrected chi connectivity index (χ1v) is 6.98. The molecule has 1 aliphatic heterocycles. The van der Waals surface area contributed by atoms with E-state index in [-0.39, 0.29) is 0 Å². The summed E-state index contributed by atoms with van der Waals surface area (Å²) in [6.07, 6.45) is 2.52. The maximum atomic E-state index is 5.68. The molecule has 1 aliphatic rings.